The Morgan fingerprint density at radius 1 is 1.31 bits per heavy atom. The summed E-state index contributed by atoms with van der Waals surface area (Å²) in [6.45, 7) is 3.61. The number of para-hydroxylation sites is 1. The molecular weight excluding hydrogens is 431 g/mol. The highest BCUT2D eigenvalue weighted by atomic mass is 32.2. The van der Waals surface area contributed by atoms with E-state index < -0.39 is 0 Å². The molecule has 1 aliphatic heterocycles. The van der Waals surface area contributed by atoms with Gasteiger partial charge in [0.15, 0.2) is 5.16 Å². The van der Waals surface area contributed by atoms with Crippen LogP contribution in [0.15, 0.2) is 41.7 Å². The van der Waals surface area contributed by atoms with Gasteiger partial charge in [0.05, 0.1) is 17.5 Å². The van der Waals surface area contributed by atoms with Gasteiger partial charge in [0, 0.05) is 44.5 Å². The number of nitrogens with one attached hydrogen (secondary N) is 1. The molecule has 0 radical (unpaired) electrons. The SMILES string of the molecule is Cc1ccn(CCC(=O)NCCc2nnc(SC[C@H]3CCCO3)n2-c2ccccc2F)n1. The minimum Gasteiger partial charge on any atom is -0.377 e. The number of halogens is 1. The summed E-state index contributed by atoms with van der Waals surface area (Å²) in [6.07, 6.45) is 4.91. The molecule has 32 heavy (non-hydrogen) atoms. The minimum atomic E-state index is -0.342. The zero-order valence-corrected chi connectivity index (χ0v) is 18.9. The number of amides is 1. The van der Waals surface area contributed by atoms with Crippen molar-refractivity contribution in [2.45, 2.75) is 50.4 Å². The van der Waals surface area contributed by atoms with Crippen LogP contribution in [-0.2, 0) is 22.5 Å². The van der Waals surface area contributed by atoms with Crippen molar-refractivity contribution in [3.8, 4) is 5.69 Å². The van der Waals surface area contributed by atoms with Gasteiger partial charge in [-0.3, -0.25) is 14.0 Å². The van der Waals surface area contributed by atoms with Crippen LogP contribution in [0.5, 0.6) is 0 Å². The van der Waals surface area contributed by atoms with Crippen molar-refractivity contribution in [1.82, 2.24) is 29.9 Å². The van der Waals surface area contributed by atoms with E-state index in [9.17, 15) is 9.18 Å². The Kier molecular flexibility index (Phi) is 7.54. The number of nitrogens with zero attached hydrogens (tertiary/aromatic N) is 5. The third-order valence-corrected chi connectivity index (χ3v) is 6.29. The molecule has 3 aromatic rings. The van der Waals surface area contributed by atoms with Gasteiger partial charge in [-0.2, -0.15) is 5.10 Å². The number of aromatic nitrogens is 5. The summed E-state index contributed by atoms with van der Waals surface area (Å²) >= 11 is 1.52. The van der Waals surface area contributed by atoms with Crippen molar-refractivity contribution in [3.63, 3.8) is 0 Å². The van der Waals surface area contributed by atoms with Crippen LogP contribution in [0.1, 0.15) is 30.8 Å². The van der Waals surface area contributed by atoms with Crippen LogP contribution in [0.4, 0.5) is 4.39 Å². The van der Waals surface area contributed by atoms with Crippen LogP contribution in [-0.4, -0.2) is 55.5 Å². The van der Waals surface area contributed by atoms with Crippen LogP contribution in [0.3, 0.4) is 0 Å². The number of aryl methyl sites for hydroxylation is 2. The van der Waals surface area contributed by atoms with E-state index in [2.05, 4.69) is 20.6 Å². The normalized spacial score (nSPS) is 15.9. The Morgan fingerprint density at radius 2 is 2.19 bits per heavy atom. The first kappa shape index (κ1) is 22.5. The molecule has 4 rings (SSSR count). The zero-order chi connectivity index (χ0) is 22.3. The maximum Gasteiger partial charge on any atom is 0.221 e. The summed E-state index contributed by atoms with van der Waals surface area (Å²) in [5, 5.41) is 16.4. The van der Waals surface area contributed by atoms with Crippen LogP contribution in [0.2, 0.25) is 0 Å². The molecule has 8 nitrogen and oxygen atoms in total. The monoisotopic (exact) mass is 458 g/mol. The fraction of sp³-hybridized carbons (Fsp3) is 0.455. The molecule has 0 bridgehead atoms. The number of thioether (sulfide) groups is 1. The lowest BCUT2D eigenvalue weighted by Gasteiger charge is -2.13. The Hall–Kier alpha value is -2.72. The smallest absolute Gasteiger partial charge is 0.221 e. The topological polar surface area (TPSA) is 86.9 Å². The lowest BCUT2D eigenvalue weighted by atomic mass is 10.3. The Morgan fingerprint density at radius 3 is 2.94 bits per heavy atom. The van der Waals surface area contributed by atoms with E-state index in [0.29, 0.717) is 42.6 Å². The second-order valence-corrected chi connectivity index (χ2v) is 8.69. The Labute approximate surface area is 190 Å². The third kappa shape index (κ3) is 5.74. The summed E-state index contributed by atoms with van der Waals surface area (Å²) in [7, 11) is 0. The van der Waals surface area contributed by atoms with E-state index in [0.717, 1.165) is 30.9 Å². The fourth-order valence-electron chi connectivity index (χ4n) is 3.58. The van der Waals surface area contributed by atoms with Gasteiger partial charge in [-0.05, 0) is 38.0 Å². The van der Waals surface area contributed by atoms with Crippen molar-refractivity contribution in [2.75, 3.05) is 18.9 Å². The Bertz CT molecular complexity index is 1050. The van der Waals surface area contributed by atoms with Gasteiger partial charge in [0.25, 0.3) is 0 Å². The molecule has 1 saturated heterocycles. The van der Waals surface area contributed by atoms with Gasteiger partial charge in [-0.25, -0.2) is 4.39 Å². The second-order valence-electron chi connectivity index (χ2n) is 7.70. The molecule has 170 valence electrons. The molecule has 1 atom stereocenters. The highest BCUT2D eigenvalue weighted by Crippen LogP contribution is 2.27. The van der Waals surface area contributed by atoms with E-state index in [-0.39, 0.29) is 17.8 Å². The first-order valence-electron chi connectivity index (χ1n) is 10.8. The average molecular weight is 459 g/mol. The Balaban J connectivity index is 1.38. The number of benzene rings is 1. The number of hydrogen-bond donors (Lipinski definition) is 1. The van der Waals surface area contributed by atoms with Gasteiger partial charge < -0.3 is 10.1 Å². The van der Waals surface area contributed by atoms with Crippen molar-refractivity contribution < 1.29 is 13.9 Å². The highest BCUT2D eigenvalue weighted by Gasteiger charge is 2.21. The predicted molar refractivity (Wildman–Crippen MR) is 119 cm³/mol. The van der Waals surface area contributed by atoms with Crippen molar-refractivity contribution in [2.24, 2.45) is 0 Å². The summed E-state index contributed by atoms with van der Waals surface area (Å²) < 4.78 is 23.8. The number of hydrogen-bond acceptors (Lipinski definition) is 6. The van der Waals surface area contributed by atoms with Gasteiger partial charge in [-0.1, -0.05) is 23.9 Å². The fourth-order valence-corrected chi connectivity index (χ4v) is 4.61. The minimum absolute atomic E-state index is 0.0666. The van der Waals surface area contributed by atoms with Crippen molar-refractivity contribution in [3.05, 3.63) is 53.9 Å². The molecule has 2 aromatic heterocycles. The zero-order valence-electron chi connectivity index (χ0n) is 18.0. The average Bonchev–Trinajstić information content (AvgIpc) is 3.53. The van der Waals surface area contributed by atoms with E-state index in [1.165, 1.54) is 17.8 Å². The standard InChI is InChI=1S/C22H27FN6O2S/c1-16-9-12-28(27-16)13-10-21(30)24-11-8-20-25-26-22(32-15-17-5-4-14-31-17)29(20)19-7-3-2-6-18(19)23/h2-3,6-7,9,12,17H,4-5,8,10-11,13-15H2,1H3,(H,24,30)/t17-/m1/s1. The van der Waals surface area contributed by atoms with E-state index in [1.54, 1.807) is 27.4 Å². The van der Waals surface area contributed by atoms with Crippen LogP contribution < -0.4 is 5.32 Å². The van der Waals surface area contributed by atoms with Crippen LogP contribution >= 0.6 is 11.8 Å². The number of carbonyl (C=O) groups excluding carboxylic acids is 1. The molecule has 1 fully saturated rings. The molecule has 0 unspecified atom stereocenters. The molecule has 1 amide bonds. The predicted octanol–water partition coefficient (Wildman–Crippen LogP) is 2.93. The van der Waals surface area contributed by atoms with E-state index in [1.807, 2.05) is 19.2 Å². The molecule has 1 N–H and O–H groups in total. The molecule has 1 aromatic carbocycles. The number of ether oxygens (including phenoxy) is 1. The quantitative estimate of drug-likeness (QED) is 0.470. The molecule has 0 spiro atoms. The molecule has 1 aliphatic rings. The maximum atomic E-state index is 14.6. The van der Waals surface area contributed by atoms with E-state index >= 15 is 0 Å². The molecule has 0 aliphatic carbocycles. The summed E-state index contributed by atoms with van der Waals surface area (Å²) in [6, 6.07) is 8.48. The van der Waals surface area contributed by atoms with Crippen LogP contribution in [0, 0.1) is 12.7 Å². The third-order valence-electron chi connectivity index (χ3n) is 5.23. The van der Waals surface area contributed by atoms with Gasteiger partial charge >= 0.3 is 0 Å². The molecule has 3 heterocycles. The lowest BCUT2D eigenvalue weighted by Crippen LogP contribution is -2.27. The van der Waals surface area contributed by atoms with Crippen LogP contribution in [0.25, 0.3) is 5.69 Å². The maximum absolute atomic E-state index is 14.6. The highest BCUT2D eigenvalue weighted by molar-refractivity contribution is 7.99. The summed E-state index contributed by atoms with van der Waals surface area (Å²) in [5.41, 5.74) is 1.33. The summed E-state index contributed by atoms with van der Waals surface area (Å²) in [5.74, 6) is 0.943. The first-order chi connectivity index (χ1) is 15.6. The number of rotatable bonds is 10. The lowest BCUT2D eigenvalue weighted by molar-refractivity contribution is -0.121. The van der Waals surface area contributed by atoms with Crippen molar-refractivity contribution >= 4 is 17.7 Å². The molecule has 10 heteroatoms. The first-order valence-corrected chi connectivity index (χ1v) is 11.8. The number of carbonyl (C=O) groups is 1. The van der Waals surface area contributed by atoms with Gasteiger partial charge in [0.1, 0.15) is 11.6 Å². The van der Waals surface area contributed by atoms with E-state index in [4.69, 9.17) is 4.74 Å². The summed E-state index contributed by atoms with van der Waals surface area (Å²) in [4.78, 5) is 12.2. The van der Waals surface area contributed by atoms with Crippen molar-refractivity contribution in [1.29, 1.82) is 0 Å². The van der Waals surface area contributed by atoms with Gasteiger partial charge in [0.2, 0.25) is 5.91 Å². The second kappa shape index (κ2) is 10.7. The largest absolute Gasteiger partial charge is 0.377 e. The molecular formula is C22H27FN6O2S. The van der Waals surface area contributed by atoms with Gasteiger partial charge in [-0.15, -0.1) is 10.2 Å². The molecule has 0 saturated carbocycles.